The summed E-state index contributed by atoms with van der Waals surface area (Å²) in [5, 5.41) is 4.11. The molecule has 0 atom stereocenters. The van der Waals surface area contributed by atoms with E-state index in [2.05, 4.69) is 80.5 Å². The van der Waals surface area contributed by atoms with Crippen LogP contribution in [0.1, 0.15) is 29.7 Å². The molecule has 2 aliphatic rings. The maximum absolute atomic E-state index is 13.1. The van der Waals surface area contributed by atoms with Gasteiger partial charge < -0.3 is 5.32 Å². The topological polar surface area (TPSA) is 50.2 Å². The highest BCUT2D eigenvalue weighted by molar-refractivity contribution is 5.83. The second kappa shape index (κ2) is 8.76. The third-order valence-corrected chi connectivity index (χ3v) is 6.53. The van der Waals surface area contributed by atoms with Crippen LogP contribution in [0.4, 0.5) is 5.82 Å². The van der Waals surface area contributed by atoms with Crippen LogP contribution in [0.25, 0.3) is 16.6 Å². The van der Waals surface area contributed by atoms with Gasteiger partial charge in [0.15, 0.2) is 5.43 Å². The Kier molecular flexibility index (Phi) is 5.32. The van der Waals surface area contributed by atoms with E-state index in [0.29, 0.717) is 5.39 Å². The standard InChI is InChI=1S/C29H26N4O/c34-28-16-29(31-23-11-3-1-4-12-23)33(25-13-5-2-6-14-25)27-15-24(30-17-26(27)28)20-32-18-21-9-7-8-10-22(21)19-32/h2-3,5-17,31H,1,4,18-20H2. The Morgan fingerprint density at radius 3 is 2.41 bits per heavy atom. The Morgan fingerprint density at radius 1 is 0.912 bits per heavy atom. The molecule has 2 aromatic heterocycles. The summed E-state index contributed by atoms with van der Waals surface area (Å²) < 4.78 is 2.13. The molecule has 5 nitrogen and oxygen atoms in total. The lowest BCUT2D eigenvalue weighted by Crippen LogP contribution is -2.18. The Hall–Kier alpha value is -3.96. The maximum atomic E-state index is 13.1. The van der Waals surface area contributed by atoms with Crippen molar-refractivity contribution in [1.29, 1.82) is 0 Å². The summed E-state index contributed by atoms with van der Waals surface area (Å²) in [4.78, 5) is 20.2. The first kappa shape index (κ1) is 20.6. The van der Waals surface area contributed by atoms with Gasteiger partial charge in [0.1, 0.15) is 5.82 Å². The van der Waals surface area contributed by atoms with Crippen molar-refractivity contribution in [2.75, 3.05) is 5.32 Å². The molecular formula is C29H26N4O. The highest BCUT2D eigenvalue weighted by Gasteiger charge is 2.20. The van der Waals surface area contributed by atoms with Crippen LogP contribution < -0.4 is 10.7 Å². The normalized spacial score (nSPS) is 15.4. The number of nitrogens with one attached hydrogen (secondary N) is 1. The molecule has 1 N–H and O–H groups in total. The zero-order chi connectivity index (χ0) is 22.9. The number of fused-ring (bicyclic) bond motifs is 2. The number of hydrogen-bond donors (Lipinski definition) is 1. The maximum Gasteiger partial charge on any atom is 0.193 e. The second-order valence-electron chi connectivity index (χ2n) is 8.94. The van der Waals surface area contributed by atoms with Crippen molar-refractivity contribution in [3.63, 3.8) is 0 Å². The minimum Gasteiger partial charge on any atom is -0.342 e. The zero-order valence-electron chi connectivity index (χ0n) is 18.9. The van der Waals surface area contributed by atoms with Crippen molar-refractivity contribution in [2.24, 2.45) is 0 Å². The number of para-hydroxylation sites is 1. The first-order valence-electron chi connectivity index (χ1n) is 11.8. The van der Waals surface area contributed by atoms with E-state index in [9.17, 15) is 4.79 Å². The second-order valence-corrected chi connectivity index (χ2v) is 8.94. The smallest absolute Gasteiger partial charge is 0.193 e. The van der Waals surface area contributed by atoms with Gasteiger partial charge in [0, 0.05) is 43.3 Å². The van der Waals surface area contributed by atoms with Crippen molar-refractivity contribution in [3.05, 3.63) is 124 Å². The van der Waals surface area contributed by atoms with Gasteiger partial charge in [0.05, 0.1) is 16.6 Å². The van der Waals surface area contributed by atoms with E-state index in [1.807, 2.05) is 18.2 Å². The Morgan fingerprint density at radius 2 is 1.68 bits per heavy atom. The third kappa shape index (κ3) is 3.95. The molecule has 168 valence electrons. The largest absolute Gasteiger partial charge is 0.342 e. The van der Waals surface area contributed by atoms with Crippen LogP contribution in [0.2, 0.25) is 0 Å². The number of allylic oxidation sites excluding steroid dienone is 3. The van der Waals surface area contributed by atoms with Crippen LogP contribution in [-0.4, -0.2) is 14.5 Å². The molecule has 0 radical (unpaired) electrons. The van der Waals surface area contributed by atoms with Crippen molar-refractivity contribution < 1.29 is 0 Å². The minimum atomic E-state index is -0.0299. The van der Waals surface area contributed by atoms with Gasteiger partial charge in [-0.05, 0) is 48.2 Å². The van der Waals surface area contributed by atoms with E-state index >= 15 is 0 Å². The van der Waals surface area contributed by atoms with Crippen molar-refractivity contribution in [2.45, 2.75) is 32.5 Å². The first-order chi connectivity index (χ1) is 16.7. The van der Waals surface area contributed by atoms with E-state index in [1.165, 1.54) is 11.1 Å². The SMILES string of the molecule is O=c1cc(NC2=CCCC=C2)n(-c2ccccc2)c2cc(CN3Cc4ccccc4C3)ncc12. The lowest BCUT2D eigenvalue weighted by molar-refractivity contribution is 0.272. The summed E-state index contributed by atoms with van der Waals surface area (Å²) in [5.41, 5.74) is 6.56. The van der Waals surface area contributed by atoms with Crippen LogP contribution in [0.15, 0.2) is 102 Å². The highest BCUT2D eigenvalue weighted by Crippen LogP contribution is 2.27. The highest BCUT2D eigenvalue weighted by atomic mass is 16.1. The minimum absolute atomic E-state index is 0.0299. The molecule has 1 aliphatic heterocycles. The van der Waals surface area contributed by atoms with Gasteiger partial charge in [0.25, 0.3) is 0 Å². The molecule has 0 amide bonds. The monoisotopic (exact) mass is 446 g/mol. The summed E-state index contributed by atoms with van der Waals surface area (Å²) >= 11 is 0. The molecule has 4 aromatic rings. The molecule has 0 fully saturated rings. The Balaban J connectivity index is 1.43. The van der Waals surface area contributed by atoms with E-state index in [-0.39, 0.29) is 5.43 Å². The summed E-state index contributed by atoms with van der Waals surface area (Å²) in [6, 6.07) is 22.5. The fourth-order valence-electron chi connectivity index (χ4n) is 4.89. The number of nitrogens with zero attached hydrogens (tertiary/aromatic N) is 3. The lowest BCUT2D eigenvalue weighted by Gasteiger charge is -2.20. The van der Waals surface area contributed by atoms with Gasteiger partial charge in [-0.3, -0.25) is 19.2 Å². The van der Waals surface area contributed by atoms with Gasteiger partial charge in [-0.2, -0.15) is 0 Å². The number of pyridine rings is 2. The molecular weight excluding hydrogens is 420 g/mol. The number of anilines is 1. The van der Waals surface area contributed by atoms with Gasteiger partial charge in [-0.1, -0.05) is 54.6 Å². The molecule has 0 saturated heterocycles. The fourth-order valence-corrected chi connectivity index (χ4v) is 4.89. The van der Waals surface area contributed by atoms with Crippen molar-refractivity contribution >= 4 is 16.7 Å². The summed E-state index contributed by atoms with van der Waals surface area (Å²) in [6.07, 6.45) is 10.2. The summed E-state index contributed by atoms with van der Waals surface area (Å²) in [7, 11) is 0. The molecule has 5 heteroatoms. The van der Waals surface area contributed by atoms with E-state index in [0.717, 1.165) is 60.9 Å². The summed E-state index contributed by atoms with van der Waals surface area (Å²) in [6.45, 7) is 2.58. The number of aromatic nitrogens is 2. The van der Waals surface area contributed by atoms with Crippen LogP contribution in [0.5, 0.6) is 0 Å². The van der Waals surface area contributed by atoms with Crippen LogP contribution in [0.3, 0.4) is 0 Å². The Bertz CT molecular complexity index is 1460. The van der Waals surface area contributed by atoms with Crippen molar-refractivity contribution in [3.8, 4) is 5.69 Å². The molecule has 6 rings (SSSR count). The molecule has 0 unspecified atom stereocenters. The molecule has 3 heterocycles. The predicted molar refractivity (Wildman–Crippen MR) is 137 cm³/mol. The molecule has 0 spiro atoms. The predicted octanol–water partition coefficient (Wildman–Crippen LogP) is 5.55. The van der Waals surface area contributed by atoms with Crippen LogP contribution in [0, 0.1) is 0 Å². The first-order valence-corrected chi connectivity index (χ1v) is 11.8. The quantitative estimate of drug-likeness (QED) is 0.437. The van der Waals surface area contributed by atoms with Crippen LogP contribution in [-0.2, 0) is 19.6 Å². The molecule has 2 aromatic carbocycles. The van der Waals surface area contributed by atoms with Crippen LogP contribution >= 0.6 is 0 Å². The molecule has 0 bridgehead atoms. The lowest BCUT2D eigenvalue weighted by atomic mass is 10.1. The average molecular weight is 447 g/mol. The van der Waals surface area contributed by atoms with Crippen molar-refractivity contribution in [1.82, 2.24) is 14.5 Å². The van der Waals surface area contributed by atoms with Gasteiger partial charge >= 0.3 is 0 Å². The van der Waals surface area contributed by atoms with E-state index in [4.69, 9.17) is 0 Å². The fraction of sp³-hybridized carbons (Fsp3) is 0.172. The average Bonchev–Trinajstić information content (AvgIpc) is 3.27. The van der Waals surface area contributed by atoms with E-state index in [1.54, 1.807) is 12.3 Å². The number of hydrogen-bond acceptors (Lipinski definition) is 4. The number of benzene rings is 2. The van der Waals surface area contributed by atoms with Gasteiger partial charge in [-0.25, -0.2) is 0 Å². The zero-order valence-corrected chi connectivity index (χ0v) is 18.9. The van der Waals surface area contributed by atoms with Gasteiger partial charge in [0.2, 0.25) is 0 Å². The molecule has 34 heavy (non-hydrogen) atoms. The number of rotatable bonds is 5. The van der Waals surface area contributed by atoms with Gasteiger partial charge in [-0.15, -0.1) is 0 Å². The molecule has 0 saturated carbocycles. The Labute approximate surface area is 198 Å². The summed E-state index contributed by atoms with van der Waals surface area (Å²) in [5.74, 6) is 0.757. The molecule has 1 aliphatic carbocycles. The third-order valence-electron chi connectivity index (χ3n) is 6.53. The van der Waals surface area contributed by atoms with E-state index < -0.39 is 0 Å².